The molecule has 1 aliphatic rings. The SMILES string of the molecule is CCC1CCC(CNCc2nc(C(C)(C)C)cs2)CC1. The van der Waals surface area contributed by atoms with Gasteiger partial charge in [0.1, 0.15) is 5.01 Å². The smallest absolute Gasteiger partial charge is 0.107 e. The van der Waals surface area contributed by atoms with Gasteiger partial charge in [0.25, 0.3) is 0 Å². The van der Waals surface area contributed by atoms with Crippen LogP contribution in [0.1, 0.15) is 70.5 Å². The van der Waals surface area contributed by atoms with Crippen molar-refractivity contribution in [2.75, 3.05) is 6.54 Å². The molecule has 0 unspecified atom stereocenters. The molecule has 114 valence electrons. The summed E-state index contributed by atoms with van der Waals surface area (Å²) in [5.74, 6) is 1.89. The van der Waals surface area contributed by atoms with Gasteiger partial charge in [-0.25, -0.2) is 4.98 Å². The Balaban J connectivity index is 1.70. The molecule has 1 N–H and O–H groups in total. The molecule has 2 rings (SSSR count). The fourth-order valence-electron chi connectivity index (χ4n) is 2.96. The van der Waals surface area contributed by atoms with Gasteiger partial charge in [0, 0.05) is 17.3 Å². The first-order chi connectivity index (χ1) is 9.49. The van der Waals surface area contributed by atoms with E-state index < -0.39 is 0 Å². The third-order valence-corrected chi connectivity index (χ3v) is 5.42. The van der Waals surface area contributed by atoms with Crippen molar-refractivity contribution in [1.82, 2.24) is 10.3 Å². The quantitative estimate of drug-likeness (QED) is 0.848. The fraction of sp³-hybridized carbons (Fsp3) is 0.824. The van der Waals surface area contributed by atoms with E-state index in [-0.39, 0.29) is 5.41 Å². The zero-order valence-corrected chi connectivity index (χ0v) is 14.4. The lowest BCUT2D eigenvalue weighted by molar-refractivity contribution is 0.262. The standard InChI is InChI=1S/C17H30N2S/c1-5-13-6-8-14(9-7-13)10-18-11-16-19-15(12-20-16)17(2,3)4/h12-14,18H,5-11H2,1-4H3. The summed E-state index contributed by atoms with van der Waals surface area (Å²) in [7, 11) is 0. The summed E-state index contributed by atoms with van der Waals surface area (Å²) in [6, 6.07) is 0. The van der Waals surface area contributed by atoms with Gasteiger partial charge in [-0.2, -0.15) is 0 Å². The van der Waals surface area contributed by atoms with Gasteiger partial charge in [-0.15, -0.1) is 11.3 Å². The molecule has 2 nitrogen and oxygen atoms in total. The van der Waals surface area contributed by atoms with Crippen molar-refractivity contribution < 1.29 is 0 Å². The molecule has 0 spiro atoms. The Morgan fingerprint density at radius 3 is 2.40 bits per heavy atom. The van der Waals surface area contributed by atoms with Gasteiger partial charge in [0.15, 0.2) is 0 Å². The highest BCUT2D eigenvalue weighted by Crippen LogP contribution is 2.30. The summed E-state index contributed by atoms with van der Waals surface area (Å²) in [6.45, 7) is 11.1. The number of hydrogen-bond acceptors (Lipinski definition) is 3. The van der Waals surface area contributed by atoms with Crippen molar-refractivity contribution in [2.24, 2.45) is 11.8 Å². The number of aromatic nitrogens is 1. The van der Waals surface area contributed by atoms with Gasteiger partial charge in [-0.3, -0.25) is 0 Å². The van der Waals surface area contributed by atoms with Crippen LogP contribution in [0.5, 0.6) is 0 Å². The van der Waals surface area contributed by atoms with E-state index in [1.807, 2.05) is 0 Å². The summed E-state index contributed by atoms with van der Waals surface area (Å²) in [5.41, 5.74) is 1.40. The lowest BCUT2D eigenvalue weighted by Gasteiger charge is -2.27. The molecular weight excluding hydrogens is 264 g/mol. The van der Waals surface area contributed by atoms with E-state index in [9.17, 15) is 0 Å². The summed E-state index contributed by atoms with van der Waals surface area (Å²) in [5, 5.41) is 7.06. The van der Waals surface area contributed by atoms with Crippen molar-refractivity contribution in [2.45, 2.75) is 71.8 Å². The molecule has 0 atom stereocenters. The average molecular weight is 295 g/mol. The normalized spacial score (nSPS) is 24.0. The topological polar surface area (TPSA) is 24.9 Å². The average Bonchev–Trinajstić information content (AvgIpc) is 2.88. The van der Waals surface area contributed by atoms with Gasteiger partial charge < -0.3 is 5.32 Å². The van der Waals surface area contributed by atoms with Crippen LogP contribution in [-0.2, 0) is 12.0 Å². The Hall–Kier alpha value is -0.410. The maximum absolute atomic E-state index is 4.75. The molecule has 1 aromatic heterocycles. The molecule has 3 heteroatoms. The van der Waals surface area contributed by atoms with E-state index in [0.717, 1.165) is 18.4 Å². The Labute approximate surface area is 128 Å². The van der Waals surface area contributed by atoms with Crippen LogP contribution in [-0.4, -0.2) is 11.5 Å². The lowest BCUT2D eigenvalue weighted by atomic mass is 9.81. The number of hydrogen-bond donors (Lipinski definition) is 1. The van der Waals surface area contributed by atoms with Crippen LogP contribution in [0, 0.1) is 11.8 Å². The minimum atomic E-state index is 0.174. The fourth-order valence-corrected chi connectivity index (χ4v) is 3.95. The Bertz CT molecular complexity index is 397. The number of rotatable bonds is 5. The molecule has 0 saturated heterocycles. The van der Waals surface area contributed by atoms with Crippen LogP contribution in [0.25, 0.3) is 0 Å². The third kappa shape index (κ3) is 4.56. The Morgan fingerprint density at radius 1 is 1.20 bits per heavy atom. The highest BCUT2D eigenvalue weighted by atomic mass is 32.1. The maximum atomic E-state index is 4.75. The first-order valence-corrected chi connectivity index (χ1v) is 9.02. The molecule has 0 bridgehead atoms. The largest absolute Gasteiger partial charge is 0.310 e. The molecule has 1 aliphatic carbocycles. The van der Waals surface area contributed by atoms with Crippen LogP contribution < -0.4 is 5.32 Å². The summed E-state index contributed by atoms with van der Waals surface area (Å²) in [6.07, 6.45) is 7.07. The van der Waals surface area contributed by atoms with Crippen LogP contribution >= 0.6 is 11.3 Å². The first-order valence-electron chi connectivity index (χ1n) is 8.14. The van der Waals surface area contributed by atoms with E-state index in [4.69, 9.17) is 4.98 Å². The monoisotopic (exact) mass is 294 g/mol. The predicted octanol–water partition coefficient (Wildman–Crippen LogP) is 4.75. The third-order valence-electron chi connectivity index (χ3n) is 4.57. The molecule has 1 fully saturated rings. The van der Waals surface area contributed by atoms with Gasteiger partial charge in [-0.1, -0.05) is 47.0 Å². The molecule has 0 aromatic carbocycles. The van der Waals surface area contributed by atoms with Gasteiger partial charge in [0.2, 0.25) is 0 Å². The molecule has 20 heavy (non-hydrogen) atoms. The molecule has 0 amide bonds. The van der Waals surface area contributed by atoms with Crippen molar-refractivity contribution in [1.29, 1.82) is 0 Å². The second-order valence-electron chi connectivity index (χ2n) is 7.30. The highest BCUT2D eigenvalue weighted by molar-refractivity contribution is 7.09. The lowest BCUT2D eigenvalue weighted by Crippen LogP contribution is -2.26. The molecular formula is C17H30N2S. The first kappa shape index (κ1) is 16.0. The summed E-state index contributed by atoms with van der Waals surface area (Å²) >= 11 is 1.79. The highest BCUT2D eigenvalue weighted by Gasteiger charge is 2.20. The van der Waals surface area contributed by atoms with E-state index in [1.165, 1.54) is 49.4 Å². The Morgan fingerprint density at radius 2 is 1.85 bits per heavy atom. The minimum absolute atomic E-state index is 0.174. The van der Waals surface area contributed by atoms with Gasteiger partial charge in [-0.05, 0) is 31.2 Å². The molecule has 0 radical (unpaired) electrons. The van der Waals surface area contributed by atoms with E-state index in [1.54, 1.807) is 11.3 Å². The molecule has 1 aromatic rings. The van der Waals surface area contributed by atoms with Crippen molar-refractivity contribution in [3.05, 3.63) is 16.1 Å². The number of nitrogens with zero attached hydrogens (tertiary/aromatic N) is 1. The van der Waals surface area contributed by atoms with Crippen molar-refractivity contribution in [3.63, 3.8) is 0 Å². The summed E-state index contributed by atoms with van der Waals surface area (Å²) in [4.78, 5) is 4.75. The van der Waals surface area contributed by atoms with Gasteiger partial charge >= 0.3 is 0 Å². The summed E-state index contributed by atoms with van der Waals surface area (Å²) < 4.78 is 0. The van der Waals surface area contributed by atoms with Gasteiger partial charge in [0.05, 0.1) is 5.69 Å². The molecule has 0 aliphatic heterocycles. The Kier molecular flexibility index (Phi) is 5.62. The zero-order chi connectivity index (χ0) is 14.6. The van der Waals surface area contributed by atoms with Crippen LogP contribution in [0.3, 0.4) is 0 Å². The number of nitrogens with one attached hydrogen (secondary N) is 1. The second-order valence-corrected chi connectivity index (χ2v) is 8.25. The number of thiazole rings is 1. The van der Waals surface area contributed by atoms with E-state index in [2.05, 4.69) is 38.4 Å². The van der Waals surface area contributed by atoms with Crippen LogP contribution in [0.2, 0.25) is 0 Å². The van der Waals surface area contributed by atoms with E-state index in [0.29, 0.717) is 0 Å². The van der Waals surface area contributed by atoms with Crippen molar-refractivity contribution >= 4 is 11.3 Å². The maximum Gasteiger partial charge on any atom is 0.107 e. The molecule has 1 heterocycles. The zero-order valence-electron chi connectivity index (χ0n) is 13.5. The minimum Gasteiger partial charge on any atom is -0.310 e. The van der Waals surface area contributed by atoms with Crippen LogP contribution in [0.15, 0.2) is 5.38 Å². The van der Waals surface area contributed by atoms with Crippen molar-refractivity contribution in [3.8, 4) is 0 Å². The van der Waals surface area contributed by atoms with E-state index >= 15 is 0 Å². The predicted molar refractivity (Wildman–Crippen MR) is 88.3 cm³/mol. The second kappa shape index (κ2) is 7.04. The molecule has 1 saturated carbocycles. The van der Waals surface area contributed by atoms with Crippen LogP contribution in [0.4, 0.5) is 0 Å².